The number of hydrogen-bond donors (Lipinski definition) is 1. The minimum atomic E-state index is -0.308. The molecule has 2 aromatic rings. The van der Waals surface area contributed by atoms with Crippen LogP contribution in [0.4, 0.5) is 4.39 Å². The van der Waals surface area contributed by atoms with Crippen LogP contribution >= 0.6 is 0 Å². The summed E-state index contributed by atoms with van der Waals surface area (Å²) in [6.07, 6.45) is 2.41. The van der Waals surface area contributed by atoms with Gasteiger partial charge in [0.05, 0.1) is 17.8 Å². The summed E-state index contributed by atoms with van der Waals surface area (Å²) in [5.41, 5.74) is 2.05. The first-order valence-corrected chi connectivity index (χ1v) is 10.2. The summed E-state index contributed by atoms with van der Waals surface area (Å²) >= 11 is 0. The third-order valence-corrected chi connectivity index (χ3v) is 5.21. The van der Waals surface area contributed by atoms with Crippen molar-refractivity contribution in [1.82, 2.24) is 14.9 Å². The molecule has 3 rings (SSSR count). The number of rotatable bonds is 5. The molecule has 1 aromatic heterocycles. The van der Waals surface area contributed by atoms with Crippen molar-refractivity contribution in [1.29, 1.82) is 0 Å². The van der Waals surface area contributed by atoms with E-state index in [0.29, 0.717) is 49.7 Å². The predicted molar refractivity (Wildman–Crippen MR) is 111 cm³/mol. The Morgan fingerprint density at radius 2 is 2.10 bits per heavy atom. The Morgan fingerprint density at radius 1 is 1.34 bits per heavy atom. The lowest BCUT2D eigenvalue weighted by molar-refractivity contribution is -0.133. The molecule has 1 aliphatic heterocycles. The van der Waals surface area contributed by atoms with Gasteiger partial charge >= 0.3 is 0 Å². The number of fused-ring (bicyclic) bond motifs is 1. The molecule has 2 heterocycles. The van der Waals surface area contributed by atoms with Gasteiger partial charge in [-0.3, -0.25) is 9.59 Å². The number of hydrogen-bond acceptors (Lipinski definition) is 3. The monoisotopic (exact) mass is 399 g/mol. The summed E-state index contributed by atoms with van der Waals surface area (Å²) in [7, 11) is 0. The first-order valence-electron chi connectivity index (χ1n) is 10.2. The summed E-state index contributed by atoms with van der Waals surface area (Å²) in [6.45, 7) is 9.52. The van der Waals surface area contributed by atoms with Crippen LogP contribution in [0.2, 0.25) is 0 Å². The Balaban J connectivity index is 1.69. The maximum Gasteiger partial charge on any atom is 0.256 e. The molecule has 0 saturated carbocycles. The number of nitrogens with zero attached hydrogens (tertiary/aromatic N) is 2. The predicted octanol–water partition coefficient (Wildman–Crippen LogP) is 3.85. The summed E-state index contributed by atoms with van der Waals surface area (Å²) < 4.78 is 13.4. The van der Waals surface area contributed by atoms with Crippen molar-refractivity contribution in [3.8, 4) is 0 Å². The van der Waals surface area contributed by atoms with Crippen LogP contribution in [0, 0.1) is 17.2 Å². The fourth-order valence-electron chi connectivity index (χ4n) is 4.16. The Kier molecular flexibility index (Phi) is 6.20. The number of aromatic amines is 1. The molecule has 0 fully saturated rings. The molecule has 1 N–H and O–H groups in total. The molecule has 29 heavy (non-hydrogen) atoms. The van der Waals surface area contributed by atoms with Crippen molar-refractivity contribution >= 4 is 5.91 Å². The van der Waals surface area contributed by atoms with Crippen molar-refractivity contribution < 1.29 is 9.18 Å². The van der Waals surface area contributed by atoms with E-state index in [9.17, 15) is 14.0 Å². The Hall–Kier alpha value is -2.50. The number of H-pyrrole nitrogens is 1. The first kappa shape index (κ1) is 21.2. The van der Waals surface area contributed by atoms with E-state index in [0.717, 1.165) is 17.7 Å². The number of carbonyl (C=O) groups excluding carboxylic acids is 1. The Bertz CT molecular complexity index is 946. The van der Waals surface area contributed by atoms with Crippen molar-refractivity contribution in [2.45, 2.75) is 59.9 Å². The number of carbonyl (C=O) groups is 1. The molecule has 1 atom stereocenters. The number of aromatic nitrogens is 2. The van der Waals surface area contributed by atoms with Gasteiger partial charge in [-0.2, -0.15) is 0 Å². The number of nitrogens with one attached hydrogen (secondary N) is 1. The van der Waals surface area contributed by atoms with Crippen molar-refractivity contribution in [2.24, 2.45) is 11.3 Å². The molecule has 1 amide bonds. The Morgan fingerprint density at radius 3 is 2.79 bits per heavy atom. The van der Waals surface area contributed by atoms with E-state index in [-0.39, 0.29) is 22.7 Å². The fourth-order valence-corrected chi connectivity index (χ4v) is 4.16. The summed E-state index contributed by atoms with van der Waals surface area (Å²) in [4.78, 5) is 34.5. The van der Waals surface area contributed by atoms with Crippen LogP contribution in [0.5, 0.6) is 0 Å². The first-order chi connectivity index (χ1) is 13.6. The molecule has 0 bridgehead atoms. The molecule has 1 aromatic carbocycles. The van der Waals surface area contributed by atoms with Crippen LogP contribution < -0.4 is 5.56 Å². The smallest absolute Gasteiger partial charge is 0.256 e. The van der Waals surface area contributed by atoms with Gasteiger partial charge in [-0.25, -0.2) is 9.37 Å². The average molecular weight is 400 g/mol. The maximum absolute atomic E-state index is 13.4. The van der Waals surface area contributed by atoms with E-state index in [1.165, 1.54) is 12.1 Å². The van der Waals surface area contributed by atoms with Gasteiger partial charge in [0, 0.05) is 25.8 Å². The summed E-state index contributed by atoms with van der Waals surface area (Å²) in [5.74, 6) is 0.611. The molecular formula is C23H30FN3O2. The molecule has 0 unspecified atom stereocenters. The van der Waals surface area contributed by atoms with Gasteiger partial charge in [0.15, 0.2) is 0 Å². The third kappa shape index (κ3) is 5.75. The molecule has 0 saturated heterocycles. The van der Waals surface area contributed by atoms with Crippen molar-refractivity contribution in [3.05, 3.63) is 63.1 Å². The average Bonchev–Trinajstić information content (AvgIpc) is 2.59. The minimum absolute atomic E-state index is 0.0932. The van der Waals surface area contributed by atoms with E-state index in [4.69, 9.17) is 0 Å². The fraction of sp³-hybridized carbons (Fsp3) is 0.522. The van der Waals surface area contributed by atoms with Crippen molar-refractivity contribution in [2.75, 3.05) is 6.54 Å². The lowest BCUT2D eigenvalue weighted by Crippen LogP contribution is -2.40. The van der Waals surface area contributed by atoms with Gasteiger partial charge in [-0.05, 0) is 35.4 Å². The lowest BCUT2D eigenvalue weighted by Gasteiger charge is -2.30. The van der Waals surface area contributed by atoms with Crippen LogP contribution in [0.1, 0.15) is 63.2 Å². The highest BCUT2D eigenvalue weighted by Crippen LogP contribution is 2.27. The van der Waals surface area contributed by atoms with Crippen molar-refractivity contribution in [3.63, 3.8) is 0 Å². The van der Waals surface area contributed by atoms with E-state index >= 15 is 0 Å². The van der Waals surface area contributed by atoms with Crippen LogP contribution in [0.3, 0.4) is 0 Å². The Labute approximate surface area is 171 Å². The van der Waals surface area contributed by atoms with Crippen LogP contribution in [0.15, 0.2) is 29.1 Å². The normalized spacial score (nSPS) is 15.1. The highest BCUT2D eigenvalue weighted by molar-refractivity contribution is 5.76. The van der Waals surface area contributed by atoms with E-state index in [1.54, 1.807) is 11.0 Å². The van der Waals surface area contributed by atoms with Gasteiger partial charge in [0.2, 0.25) is 5.91 Å². The van der Waals surface area contributed by atoms with Crippen LogP contribution in [-0.4, -0.2) is 27.3 Å². The molecule has 0 spiro atoms. The zero-order chi connectivity index (χ0) is 21.2. The molecular weight excluding hydrogens is 369 g/mol. The summed E-state index contributed by atoms with van der Waals surface area (Å²) in [6, 6.07) is 6.28. The molecule has 156 valence electrons. The topological polar surface area (TPSA) is 66.1 Å². The quantitative estimate of drug-likeness (QED) is 0.831. The zero-order valence-corrected chi connectivity index (χ0v) is 17.7. The van der Waals surface area contributed by atoms with Gasteiger partial charge in [0.25, 0.3) is 5.56 Å². The number of benzene rings is 1. The van der Waals surface area contributed by atoms with Gasteiger partial charge < -0.3 is 9.88 Å². The van der Waals surface area contributed by atoms with E-state index < -0.39 is 0 Å². The zero-order valence-electron chi connectivity index (χ0n) is 17.7. The van der Waals surface area contributed by atoms with Crippen LogP contribution in [0.25, 0.3) is 0 Å². The molecule has 0 aliphatic carbocycles. The number of amides is 1. The highest BCUT2D eigenvalue weighted by Gasteiger charge is 2.26. The number of halogens is 1. The maximum atomic E-state index is 13.4. The van der Waals surface area contributed by atoms with Gasteiger partial charge in [-0.15, -0.1) is 0 Å². The van der Waals surface area contributed by atoms with Gasteiger partial charge in [-0.1, -0.05) is 39.8 Å². The second-order valence-electron chi connectivity index (χ2n) is 9.38. The summed E-state index contributed by atoms with van der Waals surface area (Å²) in [5, 5.41) is 0. The molecule has 0 radical (unpaired) electrons. The second kappa shape index (κ2) is 8.47. The van der Waals surface area contributed by atoms with Gasteiger partial charge in [0.1, 0.15) is 11.6 Å². The highest BCUT2D eigenvalue weighted by atomic mass is 19.1. The third-order valence-electron chi connectivity index (χ3n) is 5.21. The van der Waals surface area contributed by atoms with E-state index in [1.807, 2.05) is 6.07 Å². The molecule has 1 aliphatic rings. The second-order valence-corrected chi connectivity index (χ2v) is 9.38. The molecule has 6 heteroatoms. The standard InChI is InChI=1S/C23H30FN3O2/c1-15(13-23(2,3)4)10-21(28)27-9-8-19-18(14-27)22(29)26-20(25-19)12-16-6-5-7-17(24)11-16/h5-7,11,15H,8-10,12-14H2,1-4H3,(H,25,26,29)/t15-/m0/s1. The minimum Gasteiger partial charge on any atom is -0.338 e. The van der Waals surface area contributed by atoms with Crippen LogP contribution in [-0.2, 0) is 24.2 Å². The molecule has 5 nitrogen and oxygen atoms in total. The lowest BCUT2D eigenvalue weighted by atomic mass is 9.84. The largest absolute Gasteiger partial charge is 0.338 e. The van der Waals surface area contributed by atoms with E-state index in [2.05, 4.69) is 37.7 Å². The SMILES string of the molecule is C[C@@H](CC(=O)N1CCc2nc(Cc3cccc(F)c3)[nH]c(=O)c2C1)CC(C)(C)C.